The van der Waals surface area contributed by atoms with E-state index in [-0.39, 0.29) is 0 Å². The summed E-state index contributed by atoms with van der Waals surface area (Å²) in [5.41, 5.74) is 7.13. The molecule has 0 saturated heterocycles. The number of oxazole rings is 1. The summed E-state index contributed by atoms with van der Waals surface area (Å²) in [6.07, 6.45) is -0.125. The Hall–Kier alpha value is -1.59. The van der Waals surface area contributed by atoms with Crippen LogP contribution in [-0.4, -0.2) is 16.6 Å². The molecule has 0 amide bonds. The van der Waals surface area contributed by atoms with Crippen molar-refractivity contribution in [2.45, 2.75) is 12.5 Å². The molecule has 0 aliphatic heterocycles. The first-order chi connectivity index (χ1) is 7.20. The van der Waals surface area contributed by atoms with E-state index < -0.39 is 11.9 Å². The molecule has 2 rings (SSSR count). The van der Waals surface area contributed by atoms with Crippen LogP contribution in [0.1, 0.15) is 18.1 Å². The Bertz CT molecular complexity index is 515. The lowest BCUT2D eigenvalue weighted by atomic mass is 10.1. The Morgan fingerprint density at radius 3 is 3.07 bits per heavy atom. The van der Waals surface area contributed by atoms with Gasteiger partial charge in [0.05, 0.1) is 11.6 Å². The number of aromatic amines is 1. The second-order valence-corrected chi connectivity index (χ2v) is 3.36. The lowest BCUT2D eigenvalue weighted by Gasteiger charge is -2.08. The fourth-order valence-electron chi connectivity index (χ4n) is 1.49. The van der Waals surface area contributed by atoms with Crippen molar-refractivity contribution >= 4 is 11.1 Å². The topological polar surface area (TPSA) is 92.2 Å². The average Bonchev–Trinajstić information content (AvgIpc) is 2.57. The normalized spacial score (nSPS) is 13.2. The highest BCUT2D eigenvalue weighted by molar-refractivity contribution is 5.72. The third-order valence-corrected chi connectivity index (χ3v) is 2.27. The highest BCUT2D eigenvalue weighted by Crippen LogP contribution is 2.20. The van der Waals surface area contributed by atoms with Crippen molar-refractivity contribution < 1.29 is 9.52 Å². The minimum atomic E-state index is -0.611. The predicted octanol–water partition coefficient (Wildman–Crippen LogP) is 0.503. The van der Waals surface area contributed by atoms with Crippen LogP contribution in [0.2, 0.25) is 0 Å². The maximum atomic E-state index is 10.9. The summed E-state index contributed by atoms with van der Waals surface area (Å²) in [4.78, 5) is 13.4. The highest BCUT2D eigenvalue weighted by Gasteiger charge is 2.08. The monoisotopic (exact) mass is 208 g/mol. The maximum Gasteiger partial charge on any atom is 0.417 e. The van der Waals surface area contributed by atoms with E-state index in [1.54, 1.807) is 18.2 Å². The van der Waals surface area contributed by atoms with E-state index in [4.69, 9.17) is 10.2 Å². The van der Waals surface area contributed by atoms with Gasteiger partial charge in [0, 0.05) is 0 Å². The SMILES string of the molecule is NCCC(O)c1ccc2[nH]c(=O)oc2c1. The van der Waals surface area contributed by atoms with Gasteiger partial charge in [-0.3, -0.25) is 4.98 Å². The lowest BCUT2D eigenvalue weighted by molar-refractivity contribution is 0.170. The van der Waals surface area contributed by atoms with Gasteiger partial charge in [0.2, 0.25) is 0 Å². The molecule has 0 bridgehead atoms. The first-order valence-electron chi connectivity index (χ1n) is 4.71. The summed E-state index contributed by atoms with van der Waals surface area (Å²) >= 11 is 0. The fourth-order valence-corrected chi connectivity index (χ4v) is 1.49. The summed E-state index contributed by atoms with van der Waals surface area (Å²) in [6.45, 7) is 0.413. The molecule has 0 radical (unpaired) electrons. The van der Waals surface area contributed by atoms with Gasteiger partial charge in [-0.05, 0) is 30.7 Å². The number of nitrogens with two attached hydrogens (primary N) is 1. The third-order valence-electron chi connectivity index (χ3n) is 2.27. The first kappa shape index (κ1) is 9.95. The number of fused-ring (bicyclic) bond motifs is 1. The summed E-state index contributed by atoms with van der Waals surface area (Å²) in [5.74, 6) is -0.490. The molecule has 5 heteroatoms. The zero-order valence-electron chi connectivity index (χ0n) is 8.06. The molecule has 0 saturated carbocycles. The minimum Gasteiger partial charge on any atom is -0.408 e. The molecular formula is C10H12N2O3. The fraction of sp³-hybridized carbons (Fsp3) is 0.300. The first-order valence-corrected chi connectivity index (χ1v) is 4.71. The zero-order chi connectivity index (χ0) is 10.8. The van der Waals surface area contributed by atoms with E-state index in [0.717, 1.165) is 0 Å². The van der Waals surface area contributed by atoms with Crippen LogP contribution in [0, 0.1) is 0 Å². The average molecular weight is 208 g/mol. The van der Waals surface area contributed by atoms with E-state index in [1.807, 2.05) is 0 Å². The molecule has 1 aromatic heterocycles. The van der Waals surface area contributed by atoms with Crippen molar-refractivity contribution in [2.75, 3.05) is 6.54 Å². The molecule has 1 aromatic carbocycles. The van der Waals surface area contributed by atoms with E-state index in [9.17, 15) is 9.90 Å². The van der Waals surface area contributed by atoms with E-state index in [0.29, 0.717) is 29.6 Å². The third kappa shape index (κ3) is 1.93. The summed E-state index contributed by atoms with van der Waals surface area (Å²) < 4.78 is 4.88. The molecular weight excluding hydrogens is 196 g/mol. The Morgan fingerprint density at radius 2 is 2.33 bits per heavy atom. The van der Waals surface area contributed by atoms with Gasteiger partial charge in [-0.1, -0.05) is 6.07 Å². The van der Waals surface area contributed by atoms with Gasteiger partial charge in [0.1, 0.15) is 0 Å². The van der Waals surface area contributed by atoms with Crippen LogP contribution in [0.3, 0.4) is 0 Å². The molecule has 5 nitrogen and oxygen atoms in total. The summed E-state index contributed by atoms with van der Waals surface area (Å²) in [7, 11) is 0. The van der Waals surface area contributed by atoms with E-state index in [1.165, 1.54) is 0 Å². The van der Waals surface area contributed by atoms with Gasteiger partial charge in [-0.25, -0.2) is 4.79 Å². The van der Waals surface area contributed by atoms with Gasteiger partial charge in [-0.2, -0.15) is 0 Å². The number of aliphatic hydroxyl groups excluding tert-OH is 1. The van der Waals surface area contributed by atoms with Crippen LogP contribution >= 0.6 is 0 Å². The molecule has 4 N–H and O–H groups in total. The summed E-state index contributed by atoms with van der Waals surface area (Å²) in [5, 5.41) is 9.68. The number of nitrogens with one attached hydrogen (secondary N) is 1. The number of aromatic nitrogens is 1. The van der Waals surface area contributed by atoms with Crippen molar-refractivity contribution in [3.05, 3.63) is 34.3 Å². The number of benzene rings is 1. The molecule has 0 aliphatic carbocycles. The number of rotatable bonds is 3. The number of hydrogen-bond donors (Lipinski definition) is 3. The molecule has 0 spiro atoms. The number of aliphatic hydroxyl groups is 1. The van der Waals surface area contributed by atoms with Crippen LogP contribution < -0.4 is 11.5 Å². The van der Waals surface area contributed by atoms with Gasteiger partial charge in [-0.15, -0.1) is 0 Å². The second kappa shape index (κ2) is 3.88. The standard InChI is InChI=1S/C10H12N2O3/c11-4-3-8(13)6-1-2-7-9(5-6)15-10(14)12-7/h1-2,5,8,13H,3-4,11H2,(H,12,14). The molecule has 0 fully saturated rings. The van der Waals surface area contributed by atoms with Crippen LogP contribution in [0.15, 0.2) is 27.4 Å². The van der Waals surface area contributed by atoms with Gasteiger partial charge in [0.25, 0.3) is 0 Å². The van der Waals surface area contributed by atoms with Crippen molar-refractivity contribution in [2.24, 2.45) is 5.73 Å². The van der Waals surface area contributed by atoms with Crippen LogP contribution in [0.25, 0.3) is 11.1 Å². The summed E-state index contributed by atoms with van der Waals surface area (Å²) in [6, 6.07) is 5.09. The Labute approximate surface area is 85.5 Å². The Kier molecular flexibility index (Phi) is 2.57. The Balaban J connectivity index is 2.41. The molecule has 15 heavy (non-hydrogen) atoms. The minimum absolute atomic E-state index is 0.413. The van der Waals surface area contributed by atoms with Crippen molar-refractivity contribution in [3.63, 3.8) is 0 Å². The van der Waals surface area contributed by atoms with Gasteiger partial charge in [0.15, 0.2) is 5.58 Å². The zero-order valence-corrected chi connectivity index (χ0v) is 8.06. The molecule has 1 heterocycles. The van der Waals surface area contributed by atoms with E-state index in [2.05, 4.69) is 4.98 Å². The maximum absolute atomic E-state index is 10.9. The smallest absolute Gasteiger partial charge is 0.408 e. The van der Waals surface area contributed by atoms with Crippen molar-refractivity contribution in [1.29, 1.82) is 0 Å². The highest BCUT2D eigenvalue weighted by atomic mass is 16.4. The molecule has 1 atom stereocenters. The molecule has 2 aromatic rings. The van der Waals surface area contributed by atoms with E-state index >= 15 is 0 Å². The van der Waals surface area contributed by atoms with Crippen LogP contribution in [0.4, 0.5) is 0 Å². The predicted molar refractivity (Wildman–Crippen MR) is 55.5 cm³/mol. The van der Waals surface area contributed by atoms with Crippen molar-refractivity contribution in [3.8, 4) is 0 Å². The molecule has 1 unspecified atom stereocenters. The van der Waals surface area contributed by atoms with Crippen LogP contribution in [0.5, 0.6) is 0 Å². The van der Waals surface area contributed by atoms with Crippen LogP contribution in [-0.2, 0) is 0 Å². The van der Waals surface area contributed by atoms with Gasteiger partial charge >= 0.3 is 5.76 Å². The quantitative estimate of drug-likeness (QED) is 0.685. The molecule has 0 aliphatic rings. The number of hydrogen-bond acceptors (Lipinski definition) is 4. The lowest BCUT2D eigenvalue weighted by Crippen LogP contribution is -2.06. The largest absolute Gasteiger partial charge is 0.417 e. The second-order valence-electron chi connectivity index (χ2n) is 3.36. The Morgan fingerprint density at radius 1 is 1.53 bits per heavy atom. The molecule has 80 valence electrons. The van der Waals surface area contributed by atoms with Gasteiger partial charge < -0.3 is 15.3 Å². The van der Waals surface area contributed by atoms with Crippen molar-refractivity contribution in [1.82, 2.24) is 4.98 Å². The number of H-pyrrole nitrogens is 1.